The van der Waals surface area contributed by atoms with E-state index in [0.717, 1.165) is 0 Å². The highest BCUT2D eigenvalue weighted by Crippen LogP contribution is 2.25. The number of hydrogen-bond donors (Lipinski definition) is 1. The Morgan fingerprint density at radius 1 is 1.40 bits per heavy atom. The van der Waals surface area contributed by atoms with E-state index in [9.17, 15) is 8.42 Å². The van der Waals surface area contributed by atoms with Crippen LogP contribution < -0.4 is 10.5 Å². The van der Waals surface area contributed by atoms with Crippen LogP contribution >= 0.6 is 0 Å². The summed E-state index contributed by atoms with van der Waals surface area (Å²) in [5.74, 6) is 0.509. The Morgan fingerprint density at radius 3 is 2.85 bits per heavy atom. The molecule has 108 valence electrons. The van der Waals surface area contributed by atoms with Gasteiger partial charge in [-0.3, -0.25) is 0 Å². The van der Waals surface area contributed by atoms with E-state index in [0.29, 0.717) is 18.7 Å². The number of aryl methyl sites for hydroxylation is 1. The quantitative estimate of drug-likeness (QED) is 0.813. The number of rotatable bonds is 6. The Kier molecular flexibility index (Phi) is 4.29. The molecule has 2 aromatic rings. The molecule has 2 rings (SSSR count). The Bertz CT molecular complexity index is 666. The van der Waals surface area contributed by atoms with E-state index in [4.69, 9.17) is 10.5 Å². The SMILES string of the molecule is COc1ccc(N)c(S(=O)(=O)CCCn2ccnc2)c1. The molecule has 1 heterocycles. The summed E-state index contributed by atoms with van der Waals surface area (Å²) in [5, 5.41) is 0. The minimum absolute atomic E-state index is 0.0303. The highest BCUT2D eigenvalue weighted by molar-refractivity contribution is 7.91. The predicted molar refractivity (Wildman–Crippen MR) is 76.3 cm³/mol. The van der Waals surface area contributed by atoms with Crippen LogP contribution in [0.1, 0.15) is 6.42 Å². The summed E-state index contributed by atoms with van der Waals surface area (Å²) < 4.78 is 31.5. The van der Waals surface area contributed by atoms with Gasteiger partial charge in [-0.05, 0) is 18.6 Å². The molecule has 7 heteroatoms. The number of aromatic nitrogens is 2. The summed E-state index contributed by atoms with van der Waals surface area (Å²) in [6.45, 7) is 0.600. The van der Waals surface area contributed by atoms with Crippen molar-refractivity contribution < 1.29 is 13.2 Å². The summed E-state index contributed by atoms with van der Waals surface area (Å²) in [6, 6.07) is 4.64. The largest absolute Gasteiger partial charge is 0.497 e. The molecule has 0 bridgehead atoms. The molecule has 0 spiro atoms. The van der Waals surface area contributed by atoms with Gasteiger partial charge in [0.15, 0.2) is 9.84 Å². The first-order valence-electron chi connectivity index (χ1n) is 6.15. The van der Waals surface area contributed by atoms with E-state index < -0.39 is 9.84 Å². The zero-order valence-corrected chi connectivity index (χ0v) is 12.0. The van der Waals surface area contributed by atoms with Crippen molar-refractivity contribution in [2.75, 3.05) is 18.6 Å². The van der Waals surface area contributed by atoms with Crippen LogP contribution in [0.5, 0.6) is 5.75 Å². The lowest BCUT2D eigenvalue weighted by Crippen LogP contribution is -2.11. The van der Waals surface area contributed by atoms with E-state index >= 15 is 0 Å². The Labute approximate surface area is 118 Å². The number of nitrogen functional groups attached to an aromatic ring is 1. The van der Waals surface area contributed by atoms with Gasteiger partial charge < -0.3 is 15.0 Å². The standard InChI is InChI=1S/C13H17N3O3S/c1-19-11-3-4-12(14)13(9-11)20(17,18)8-2-6-16-7-5-15-10-16/h3-5,7,9-10H,2,6,8,14H2,1H3. The van der Waals surface area contributed by atoms with Gasteiger partial charge in [0.25, 0.3) is 0 Å². The van der Waals surface area contributed by atoms with Crippen molar-refractivity contribution in [1.82, 2.24) is 9.55 Å². The molecular formula is C13H17N3O3S. The molecule has 2 N–H and O–H groups in total. The first-order chi connectivity index (χ1) is 9.53. The molecule has 1 aromatic carbocycles. The van der Waals surface area contributed by atoms with Gasteiger partial charge in [0.2, 0.25) is 0 Å². The van der Waals surface area contributed by atoms with Crippen LogP contribution in [0.4, 0.5) is 5.69 Å². The minimum atomic E-state index is -3.42. The Hall–Kier alpha value is -2.02. The van der Waals surface area contributed by atoms with E-state index in [1.807, 2.05) is 4.57 Å². The fourth-order valence-electron chi connectivity index (χ4n) is 1.88. The predicted octanol–water partition coefficient (Wildman–Crippen LogP) is 1.34. The topological polar surface area (TPSA) is 87.2 Å². The van der Waals surface area contributed by atoms with Crippen molar-refractivity contribution in [2.24, 2.45) is 0 Å². The van der Waals surface area contributed by atoms with E-state index in [2.05, 4.69) is 4.98 Å². The second-order valence-corrected chi connectivity index (χ2v) is 6.45. The minimum Gasteiger partial charge on any atom is -0.497 e. The fourth-order valence-corrected chi connectivity index (χ4v) is 3.33. The van der Waals surface area contributed by atoms with Crippen LogP contribution in [0.2, 0.25) is 0 Å². The third-order valence-corrected chi connectivity index (χ3v) is 4.79. The summed E-state index contributed by atoms with van der Waals surface area (Å²) in [4.78, 5) is 4.04. The summed E-state index contributed by atoms with van der Waals surface area (Å²) in [5.41, 5.74) is 5.99. The molecule has 1 aromatic heterocycles. The van der Waals surface area contributed by atoms with Crippen molar-refractivity contribution in [3.8, 4) is 5.75 Å². The second kappa shape index (κ2) is 5.96. The van der Waals surface area contributed by atoms with E-state index in [1.54, 1.807) is 30.9 Å². The molecule has 20 heavy (non-hydrogen) atoms. The number of nitrogens with two attached hydrogens (primary N) is 1. The molecule has 0 saturated carbocycles. The lowest BCUT2D eigenvalue weighted by Gasteiger charge is -2.09. The van der Waals surface area contributed by atoms with Crippen molar-refractivity contribution in [3.05, 3.63) is 36.9 Å². The average Bonchev–Trinajstić information content (AvgIpc) is 2.92. The van der Waals surface area contributed by atoms with Crippen LogP contribution in [-0.2, 0) is 16.4 Å². The number of nitrogens with zero attached hydrogens (tertiary/aromatic N) is 2. The normalized spacial score (nSPS) is 11.4. The maximum Gasteiger partial charge on any atom is 0.180 e. The lowest BCUT2D eigenvalue weighted by atomic mass is 10.3. The molecule has 0 radical (unpaired) electrons. The van der Waals surface area contributed by atoms with E-state index in [-0.39, 0.29) is 16.3 Å². The monoisotopic (exact) mass is 295 g/mol. The molecule has 0 aliphatic rings. The average molecular weight is 295 g/mol. The molecule has 0 unspecified atom stereocenters. The van der Waals surface area contributed by atoms with Gasteiger partial charge in [-0.25, -0.2) is 13.4 Å². The maximum atomic E-state index is 12.3. The summed E-state index contributed by atoms with van der Waals surface area (Å²) in [7, 11) is -1.93. The Morgan fingerprint density at radius 2 is 2.20 bits per heavy atom. The zero-order chi connectivity index (χ0) is 14.6. The van der Waals surface area contributed by atoms with Gasteiger partial charge in [-0.15, -0.1) is 0 Å². The van der Waals surface area contributed by atoms with Crippen molar-refractivity contribution in [3.63, 3.8) is 0 Å². The number of anilines is 1. The highest BCUT2D eigenvalue weighted by atomic mass is 32.2. The van der Waals surface area contributed by atoms with Crippen LogP contribution in [0.25, 0.3) is 0 Å². The number of benzene rings is 1. The maximum absolute atomic E-state index is 12.3. The van der Waals surface area contributed by atoms with Crippen LogP contribution in [0, 0.1) is 0 Å². The van der Waals surface area contributed by atoms with Gasteiger partial charge in [0, 0.05) is 25.0 Å². The zero-order valence-electron chi connectivity index (χ0n) is 11.2. The molecule has 6 nitrogen and oxygen atoms in total. The summed E-state index contributed by atoms with van der Waals surface area (Å²) >= 11 is 0. The molecular weight excluding hydrogens is 278 g/mol. The van der Waals surface area contributed by atoms with Crippen molar-refractivity contribution in [2.45, 2.75) is 17.9 Å². The Balaban J connectivity index is 2.09. The number of hydrogen-bond acceptors (Lipinski definition) is 5. The smallest absolute Gasteiger partial charge is 0.180 e. The van der Waals surface area contributed by atoms with Gasteiger partial charge in [-0.2, -0.15) is 0 Å². The number of imidazole rings is 1. The van der Waals surface area contributed by atoms with Crippen LogP contribution in [0.15, 0.2) is 41.8 Å². The number of ether oxygens (including phenoxy) is 1. The first-order valence-corrected chi connectivity index (χ1v) is 7.80. The first kappa shape index (κ1) is 14.4. The summed E-state index contributed by atoms with van der Waals surface area (Å²) in [6.07, 6.45) is 5.61. The van der Waals surface area contributed by atoms with Gasteiger partial charge in [0.05, 0.1) is 29.8 Å². The van der Waals surface area contributed by atoms with Crippen molar-refractivity contribution >= 4 is 15.5 Å². The molecule has 0 atom stereocenters. The molecule has 0 aliphatic carbocycles. The number of methoxy groups -OCH3 is 1. The number of sulfone groups is 1. The molecule has 0 amide bonds. The fraction of sp³-hybridized carbons (Fsp3) is 0.308. The molecule has 0 fully saturated rings. The van der Waals surface area contributed by atoms with Crippen LogP contribution in [0.3, 0.4) is 0 Å². The highest BCUT2D eigenvalue weighted by Gasteiger charge is 2.18. The molecule has 0 saturated heterocycles. The molecule has 0 aliphatic heterocycles. The van der Waals surface area contributed by atoms with Gasteiger partial charge in [0.1, 0.15) is 5.75 Å². The van der Waals surface area contributed by atoms with Crippen molar-refractivity contribution in [1.29, 1.82) is 0 Å². The van der Waals surface area contributed by atoms with Gasteiger partial charge in [-0.1, -0.05) is 0 Å². The van der Waals surface area contributed by atoms with Crippen LogP contribution in [-0.4, -0.2) is 30.8 Å². The third kappa shape index (κ3) is 3.30. The van der Waals surface area contributed by atoms with Gasteiger partial charge >= 0.3 is 0 Å². The third-order valence-electron chi connectivity index (χ3n) is 2.94. The lowest BCUT2D eigenvalue weighted by molar-refractivity contribution is 0.413. The second-order valence-electron chi connectivity index (χ2n) is 4.38. The van der Waals surface area contributed by atoms with E-state index in [1.165, 1.54) is 13.2 Å².